The van der Waals surface area contributed by atoms with E-state index in [1.165, 1.54) is 18.1 Å². The standard InChI is InChI=1S/C16H15N9S2/c1-9(2)3-12(26)22-14-15-17-6-11(10-4-19-20-5-10)25(15)7-13(23-14)27-16-18-8-21-24-16/h3-8,26H,1H2,2H3,(H,19,20)(H,22,23)(H,18,21,24)/b12-3-. The Labute approximate surface area is 163 Å². The molecule has 0 radical (unpaired) electrons. The van der Waals surface area contributed by atoms with Crippen LogP contribution in [0, 0.1) is 0 Å². The van der Waals surface area contributed by atoms with E-state index in [1.54, 1.807) is 12.4 Å². The second-order valence-electron chi connectivity index (χ2n) is 5.65. The zero-order valence-electron chi connectivity index (χ0n) is 14.2. The van der Waals surface area contributed by atoms with E-state index in [0.29, 0.717) is 26.7 Å². The van der Waals surface area contributed by atoms with Crippen LogP contribution in [-0.2, 0) is 0 Å². The third kappa shape index (κ3) is 3.73. The van der Waals surface area contributed by atoms with Gasteiger partial charge in [0.2, 0.25) is 0 Å². The van der Waals surface area contributed by atoms with Gasteiger partial charge in [-0.2, -0.15) is 10.2 Å². The molecule has 0 spiro atoms. The molecule has 11 heteroatoms. The highest BCUT2D eigenvalue weighted by Gasteiger charge is 2.15. The molecular formula is C16H15N9S2. The Kier molecular flexibility index (Phi) is 4.69. The summed E-state index contributed by atoms with van der Waals surface area (Å²) in [6, 6.07) is 0. The van der Waals surface area contributed by atoms with Gasteiger partial charge in [0.25, 0.3) is 0 Å². The molecule has 0 fully saturated rings. The average Bonchev–Trinajstić information content (AvgIpc) is 3.35. The molecule has 9 nitrogen and oxygen atoms in total. The fourth-order valence-electron chi connectivity index (χ4n) is 2.44. The summed E-state index contributed by atoms with van der Waals surface area (Å²) < 4.78 is 1.95. The first-order valence-corrected chi connectivity index (χ1v) is 9.10. The third-order valence-electron chi connectivity index (χ3n) is 3.49. The van der Waals surface area contributed by atoms with Crippen LogP contribution < -0.4 is 5.32 Å². The summed E-state index contributed by atoms with van der Waals surface area (Å²) >= 11 is 5.82. The number of allylic oxidation sites excluding steroid dienone is 2. The van der Waals surface area contributed by atoms with Crippen molar-refractivity contribution in [3.63, 3.8) is 0 Å². The molecule has 0 aromatic carbocycles. The Morgan fingerprint density at radius 3 is 2.93 bits per heavy atom. The molecule has 0 unspecified atom stereocenters. The Hall–Kier alpha value is -3.05. The Morgan fingerprint density at radius 1 is 1.33 bits per heavy atom. The molecule has 3 N–H and O–H groups in total. The Bertz CT molecular complexity index is 1110. The van der Waals surface area contributed by atoms with Crippen LogP contribution >= 0.6 is 24.4 Å². The number of nitrogens with one attached hydrogen (secondary N) is 3. The van der Waals surface area contributed by atoms with E-state index in [2.05, 4.69) is 59.9 Å². The monoisotopic (exact) mass is 397 g/mol. The van der Waals surface area contributed by atoms with E-state index < -0.39 is 0 Å². The number of aromatic nitrogens is 8. The zero-order chi connectivity index (χ0) is 18.8. The first kappa shape index (κ1) is 17.4. The van der Waals surface area contributed by atoms with Crippen molar-refractivity contribution in [3.8, 4) is 11.3 Å². The first-order valence-electron chi connectivity index (χ1n) is 7.84. The Morgan fingerprint density at radius 2 is 2.22 bits per heavy atom. The molecule has 4 aromatic heterocycles. The van der Waals surface area contributed by atoms with Gasteiger partial charge in [0, 0.05) is 18.0 Å². The van der Waals surface area contributed by atoms with Gasteiger partial charge in [-0.15, -0.1) is 12.6 Å². The van der Waals surface area contributed by atoms with Gasteiger partial charge < -0.3 is 5.32 Å². The molecule has 0 aliphatic carbocycles. The molecule has 27 heavy (non-hydrogen) atoms. The molecule has 0 atom stereocenters. The molecule has 0 saturated carbocycles. The van der Waals surface area contributed by atoms with Crippen LogP contribution in [0.1, 0.15) is 6.92 Å². The van der Waals surface area contributed by atoms with Gasteiger partial charge in [-0.05, 0) is 24.8 Å². The van der Waals surface area contributed by atoms with Crippen LogP contribution in [0.25, 0.3) is 16.9 Å². The predicted molar refractivity (Wildman–Crippen MR) is 107 cm³/mol. The van der Waals surface area contributed by atoms with Crippen LogP contribution in [0.3, 0.4) is 0 Å². The van der Waals surface area contributed by atoms with Crippen molar-refractivity contribution in [1.82, 2.24) is 39.7 Å². The summed E-state index contributed by atoms with van der Waals surface area (Å²) in [4.78, 5) is 13.3. The van der Waals surface area contributed by atoms with E-state index in [4.69, 9.17) is 0 Å². The minimum Gasteiger partial charge on any atom is -0.332 e. The van der Waals surface area contributed by atoms with Crippen LogP contribution in [0.4, 0.5) is 5.82 Å². The van der Waals surface area contributed by atoms with Gasteiger partial charge in [0.15, 0.2) is 16.6 Å². The summed E-state index contributed by atoms with van der Waals surface area (Å²) in [5.74, 6) is 0.566. The van der Waals surface area contributed by atoms with Crippen molar-refractivity contribution in [3.05, 3.63) is 54.4 Å². The number of H-pyrrole nitrogens is 2. The first-order chi connectivity index (χ1) is 13.1. The van der Waals surface area contributed by atoms with E-state index in [0.717, 1.165) is 16.8 Å². The lowest BCUT2D eigenvalue weighted by Gasteiger charge is -2.10. The fourth-order valence-corrected chi connectivity index (χ4v) is 3.45. The van der Waals surface area contributed by atoms with Gasteiger partial charge in [-0.1, -0.05) is 12.2 Å². The number of imidazole rings is 1. The number of anilines is 1. The highest BCUT2D eigenvalue weighted by Crippen LogP contribution is 2.29. The van der Waals surface area contributed by atoms with Gasteiger partial charge >= 0.3 is 0 Å². The van der Waals surface area contributed by atoms with Gasteiger partial charge in [-0.25, -0.2) is 15.0 Å². The lowest BCUT2D eigenvalue weighted by Crippen LogP contribution is -2.02. The molecule has 136 valence electrons. The smallest absolute Gasteiger partial charge is 0.189 e. The topological polar surface area (TPSA) is 112 Å². The highest BCUT2D eigenvalue weighted by atomic mass is 32.2. The van der Waals surface area contributed by atoms with Crippen LogP contribution in [-0.4, -0.2) is 39.7 Å². The number of aromatic amines is 2. The molecule has 0 amide bonds. The zero-order valence-corrected chi connectivity index (χ0v) is 15.9. The summed E-state index contributed by atoms with van der Waals surface area (Å²) in [7, 11) is 0. The van der Waals surface area contributed by atoms with Gasteiger partial charge in [0.05, 0.1) is 23.1 Å². The third-order valence-corrected chi connectivity index (χ3v) is 4.52. The molecule has 4 aromatic rings. The predicted octanol–water partition coefficient (Wildman–Crippen LogP) is 3.15. The molecule has 4 rings (SSSR count). The minimum atomic E-state index is 0.566. The fraction of sp³-hybridized carbons (Fsp3) is 0.0625. The number of hydrogen-bond donors (Lipinski definition) is 4. The maximum absolute atomic E-state index is 4.66. The lowest BCUT2D eigenvalue weighted by atomic mass is 10.3. The summed E-state index contributed by atoms with van der Waals surface area (Å²) in [6.45, 7) is 5.76. The lowest BCUT2D eigenvalue weighted by molar-refractivity contribution is 0.959. The largest absolute Gasteiger partial charge is 0.332 e. The molecule has 0 aliphatic heterocycles. The van der Waals surface area contributed by atoms with Crippen molar-refractivity contribution in [2.75, 3.05) is 5.32 Å². The number of fused-ring (bicyclic) bond motifs is 1. The van der Waals surface area contributed by atoms with Crippen molar-refractivity contribution in [1.29, 1.82) is 0 Å². The van der Waals surface area contributed by atoms with Crippen molar-refractivity contribution in [2.24, 2.45) is 0 Å². The van der Waals surface area contributed by atoms with Crippen LogP contribution in [0.15, 0.2) is 64.6 Å². The Balaban J connectivity index is 1.83. The van der Waals surface area contributed by atoms with Crippen LogP contribution in [0.5, 0.6) is 0 Å². The quantitative estimate of drug-likeness (QED) is 0.292. The van der Waals surface area contributed by atoms with Gasteiger partial charge in [-0.3, -0.25) is 14.6 Å². The second kappa shape index (κ2) is 7.29. The van der Waals surface area contributed by atoms with E-state index in [1.807, 2.05) is 29.8 Å². The SMILES string of the molecule is C=C(C)/C=C(\S)Nc1nc(Sc2ncn[nH]2)cn2c(-c3cn[nH]c3)cnc12. The minimum absolute atomic E-state index is 0.566. The molecule has 0 saturated heterocycles. The number of thiol groups is 1. The summed E-state index contributed by atoms with van der Waals surface area (Å²) in [5, 5.41) is 18.7. The van der Waals surface area contributed by atoms with Gasteiger partial charge in [0.1, 0.15) is 11.4 Å². The van der Waals surface area contributed by atoms with E-state index in [9.17, 15) is 0 Å². The number of hydrogen-bond acceptors (Lipinski definition) is 8. The number of rotatable bonds is 6. The normalized spacial score (nSPS) is 11.9. The average molecular weight is 397 g/mol. The summed E-state index contributed by atoms with van der Waals surface area (Å²) in [6.07, 6.45) is 10.5. The molecular weight excluding hydrogens is 382 g/mol. The van der Waals surface area contributed by atoms with Crippen molar-refractivity contribution < 1.29 is 0 Å². The maximum atomic E-state index is 4.66. The van der Waals surface area contributed by atoms with E-state index >= 15 is 0 Å². The molecule has 0 aliphatic rings. The highest BCUT2D eigenvalue weighted by molar-refractivity contribution is 7.99. The second-order valence-corrected chi connectivity index (χ2v) is 7.14. The molecule has 4 heterocycles. The molecule has 0 bridgehead atoms. The summed E-state index contributed by atoms with van der Waals surface area (Å²) in [5.41, 5.74) is 3.33. The van der Waals surface area contributed by atoms with Crippen molar-refractivity contribution >= 4 is 35.9 Å². The van der Waals surface area contributed by atoms with Crippen molar-refractivity contribution in [2.45, 2.75) is 17.1 Å². The number of nitrogens with zero attached hydrogens (tertiary/aromatic N) is 6. The van der Waals surface area contributed by atoms with Crippen LogP contribution in [0.2, 0.25) is 0 Å². The van der Waals surface area contributed by atoms with E-state index in [-0.39, 0.29) is 0 Å². The maximum Gasteiger partial charge on any atom is 0.189 e.